The van der Waals surface area contributed by atoms with Crippen LogP contribution >= 0.6 is 11.8 Å². The Morgan fingerprint density at radius 1 is 0.914 bits per heavy atom. The van der Waals surface area contributed by atoms with Crippen molar-refractivity contribution in [1.29, 1.82) is 0 Å². The van der Waals surface area contributed by atoms with Gasteiger partial charge in [0.15, 0.2) is 0 Å². The maximum Gasteiger partial charge on any atom is 0.326 e. The predicted molar refractivity (Wildman–Crippen MR) is 129 cm³/mol. The number of amides is 3. The summed E-state index contributed by atoms with van der Waals surface area (Å²) in [6, 6.07) is 1.11. The van der Waals surface area contributed by atoms with Crippen molar-refractivity contribution in [2.75, 3.05) is 12.0 Å². The van der Waals surface area contributed by atoms with Crippen LogP contribution in [0.3, 0.4) is 0 Å². The van der Waals surface area contributed by atoms with E-state index < -0.39 is 60.2 Å². The summed E-state index contributed by atoms with van der Waals surface area (Å²) in [7, 11) is 0. The molecule has 1 aromatic rings. The molecule has 0 aromatic heterocycles. The first-order valence-corrected chi connectivity index (χ1v) is 12.2. The van der Waals surface area contributed by atoms with Gasteiger partial charge in [0.1, 0.15) is 23.9 Å². The van der Waals surface area contributed by atoms with E-state index in [1.807, 2.05) is 6.26 Å². The van der Waals surface area contributed by atoms with E-state index in [-0.39, 0.29) is 18.6 Å². The zero-order valence-electron chi connectivity index (χ0n) is 19.5. The Morgan fingerprint density at radius 3 is 2.06 bits per heavy atom. The lowest BCUT2D eigenvalue weighted by Crippen LogP contribution is -2.56. The number of carboxylic acid groups (broad SMARTS) is 2. The van der Waals surface area contributed by atoms with Gasteiger partial charge < -0.3 is 37.0 Å². The second kappa shape index (κ2) is 14.8. The van der Waals surface area contributed by atoms with E-state index in [4.69, 9.17) is 10.8 Å². The molecule has 0 radical (unpaired) electrons. The van der Waals surface area contributed by atoms with Crippen LogP contribution in [0.15, 0.2) is 24.3 Å². The van der Waals surface area contributed by atoms with Gasteiger partial charge in [0.25, 0.3) is 0 Å². The van der Waals surface area contributed by atoms with Gasteiger partial charge >= 0.3 is 11.9 Å². The molecule has 4 unspecified atom stereocenters. The maximum atomic E-state index is 12.8. The lowest BCUT2D eigenvalue weighted by molar-refractivity contribution is -0.143. The number of phenols is 1. The molecule has 1 aromatic carbocycles. The molecule has 0 saturated heterocycles. The topological polar surface area (TPSA) is 208 Å². The average molecular weight is 513 g/mol. The minimum absolute atomic E-state index is 0.00692. The predicted octanol–water partition coefficient (Wildman–Crippen LogP) is -0.561. The van der Waals surface area contributed by atoms with Gasteiger partial charge in [-0.2, -0.15) is 11.8 Å². The molecule has 35 heavy (non-hydrogen) atoms. The number of aromatic hydroxyl groups is 1. The number of rotatable bonds is 15. The van der Waals surface area contributed by atoms with Crippen molar-refractivity contribution < 1.29 is 39.3 Å². The van der Waals surface area contributed by atoms with E-state index in [9.17, 15) is 34.2 Å². The fourth-order valence-electron chi connectivity index (χ4n) is 2.94. The number of hydrogen-bond acceptors (Lipinski definition) is 8. The van der Waals surface area contributed by atoms with Crippen LogP contribution in [0.2, 0.25) is 0 Å². The summed E-state index contributed by atoms with van der Waals surface area (Å²) >= 11 is 1.52. The molecular weight excluding hydrogens is 480 g/mol. The highest BCUT2D eigenvalue weighted by Gasteiger charge is 2.29. The van der Waals surface area contributed by atoms with Crippen LogP contribution in [0.25, 0.3) is 0 Å². The number of phenolic OH excluding ortho intramolecular Hbond substituents is 1. The molecule has 0 bridgehead atoms. The van der Waals surface area contributed by atoms with Crippen LogP contribution in [0.1, 0.15) is 31.7 Å². The van der Waals surface area contributed by atoms with Gasteiger partial charge in [-0.15, -0.1) is 0 Å². The van der Waals surface area contributed by atoms with Crippen molar-refractivity contribution in [1.82, 2.24) is 16.0 Å². The van der Waals surface area contributed by atoms with Gasteiger partial charge in [-0.25, -0.2) is 4.79 Å². The molecule has 0 heterocycles. The Hall–Kier alpha value is -3.32. The smallest absolute Gasteiger partial charge is 0.326 e. The molecule has 0 aliphatic rings. The van der Waals surface area contributed by atoms with E-state index in [2.05, 4.69) is 16.0 Å². The molecule has 8 N–H and O–H groups in total. The quantitative estimate of drug-likeness (QED) is 0.159. The zero-order chi connectivity index (χ0) is 26.5. The summed E-state index contributed by atoms with van der Waals surface area (Å²) < 4.78 is 0. The normalized spacial score (nSPS) is 14.1. The van der Waals surface area contributed by atoms with Crippen molar-refractivity contribution in [3.8, 4) is 5.75 Å². The van der Waals surface area contributed by atoms with Crippen LogP contribution in [0.4, 0.5) is 0 Å². The van der Waals surface area contributed by atoms with Crippen molar-refractivity contribution >= 4 is 41.4 Å². The summed E-state index contributed by atoms with van der Waals surface area (Å²) in [6.45, 7) is 1.38. The van der Waals surface area contributed by atoms with E-state index in [1.165, 1.54) is 43.0 Å². The molecule has 0 spiro atoms. The van der Waals surface area contributed by atoms with Crippen molar-refractivity contribution in [2.45, 2.75) is 56.8 Å². The van der Waals surface area contributed by atoms with Crippen LogP contribution in [0, 0.1) is 0 Å². The molecule has 0 fully saturated rings. The van der Waals surface area contributed by atoms with Crippen LogP contribution in [-0.4, -0.2) is 81.2 Å². The molecule has 1 rings (SSSR count). The largest absolute Gasteiger partial charge is 0.508 e. The zero-order valence-corrected chi connectivity index (χ0v) is 20.3. The van der Waals surface area contributed by atoms with E-state index in [0.29, 0.717) is 17.7 Å². The number of nitrogens with one attached hydrogen (secondary N) is 3. The SMILES string of the molecule is CSCCC(N)C(=O)NC(C)C(=O)NC(CCC(=O)O)C(=O)NC(Cc1ccc(O)cc1)C(=O)O. The fraction of sp³-hybridized carbons (Fsp3) is 0.500. The molecule has 12 nitrogen and oxygen atoms in total. The maximum absolute atomic E-state index is 12.8. The van der Waals surface area contributed by atoms with Gasteiger partial charge in [-0.1, -0.05) is 12.1 Å². The van der Waals surface area contributed by atoms with Gasteiger partial charge in [-0.05, 0) is 49.5 Å². The van der Waals surface area contributed by atoms with Gasteiger partial charge in [0.2, 0.25) is 17.7 Å². The third-order valence-corrected chi connectivity index (χ3v) is 5.64. The Labute approximate surface area is 207 Å². The fourth-order valence-corrected chi connectivity index (χ4v) is 3.42. The first-order chi connectivity index (χ1) is 16.4. The monoisotopic (exact) mass is 512 g/mol. The van der Waals surface area contributed by atoms with Gasteiger partial charge in [0.05, 0.1) is 6.04 Å². The first-order valence-electron chi connectivity index (χ1n) is 10.8. The molecule has 0 aliphatic carbocycles. The lowest BCUT2D eigenvalue weighted by atomic mass is 10.0. The highest BCUT2D eigenvalue weighted by molar-refractivity contribution is 7.98. The number of carbonyl (C=O) groups is 5. The summed E-state index contributed by atoms with van der Waals surface area (Å²) in [5.41, 5.74) is 6.30. The van der Waals surface area contributed by atoms with Gasteiger partial charge in [0, 0.05) is 12.8 Å². The summed E-state index contributed by atoms with van der Waals surface area (Å²) in [5, 5.41) is 35.0. The highest BCUT2D eigenvalue weighted by Crippen LogP contribution is 2.12. The second-order valence-electron chi connectivity index (χ2n) is 7.88. The molecule has 0 saturated carbocycles. The minimum atomic E-state index is -1.37. The Kier molecular flexibility index (Phi) is 12.6. The standard InChI is InChI=1S/C22H32N4O8S/c1-12(24-20(31)15(23)9-10-35-2)19(30)25-16(7-8-18(28)29)21(32)26-17(22(33)34)11-13-3-5-14(27)6-4-13/h3-6,12,15-17,27H,7-11,23H2,1-2H3,(H,24,31)(H,25,30)(H,26,32)(H,28,29)(H,33,34). The number of thioether (sulfide) groups is 1. The Balaban J connectivity index is 2.86. The molecule has 3 amide bonds. The third-order valence-electron chi connectivity index (χ3n) is 4.99. The van der Waals surface area contributed by atoms with Crippen LogP contribution < -0.4 is 21.7 Å². The third kappa shape index (κ3) is 11.1. The van der Waals surface area contributed by atoms with Gasteiger partial charge in [-0.3, -0.25) is 19.2 Å². The second-order valence-corrected chi connectivity index (χ2v) is 8.87. The number of aliphatic carboxylic acids is 2. The van der Waals surface area contributed by atoms with Crippen molar-refractivity contribution in [2.24, 2.45) is 5.73 Å². The van der Waals surface area contributed by atoms with Crippen molar-refractivity contribution in [3.05, 3.63) is 29.8 Å². The first kappa shape index (κ1) is 29.7. The number of benzene rings is 1. The lowest BCUT2D eigenvalue weighted by Gasteiger charge is -2.23. The highest BCUT2D eigenvalue weighted by atomic mass is 32.2. The summed E-state index contributed by atoms with van der Waals surface area (Å²) in [6.07, 6.45) is 1.40. The minimum Gasteiger partial charge on any atom is -0.508 e. The summed E-state index contributed by atoms with van der Waals surface area (Å²) in [4.78, 5) is 60.2. The van der Waals surface area contributed by atoms with E-state index in [1.54, 1.807) is 0 Å². The van der Waals surface area contributed by atoms with E-state index >= 15 is 0 Å². The molecule has 4 atom stereocenters. The summed E-state index contributed by atoms with van der Waals surface area (Å²) in [5.74, 6) is -4.10. The van der Waals surface area contributed by atoms with Crippen LogP contribution in [-0.2, 0) is 30.4 Å². The Bertz CT molecular complexity index is 896. The molecule has 194 valence electrons. The molecular formula is C22H32N4O8S. The number of nitrogens with two attached hydrogens (primary N) is 1. The van der Waals surface area contributed by atoms with Crippen molar-refractivity contribution in [3.63, 3.8) is 0 Å². The molecule has 13 heteroatoms. The van der Waals surface area contributed by atoms with Crippen LogP contribution in [0.5, 0.6) is 5.75 Å². The number of hydrogen-bond donors (Lipinski definition) is 7. The van der Waals surface area contributed by atoms with E-state index in [0.717, 1.165) is 0 Å². The molecule has 0 aliphatic heterocycles. The average Bonchev–Trinajstić information content (AvgIpc) is 2.80. The number of carbonyl (C=O) groups excluding carboxylic acids is 3. The number of carboxylic acids is 2. The Morgan fingerprint density at radius 2 is 1.51 bits per heavy atom.